The van der Waals surface area contributed by atoms with Gasteiger partial charge in [-0.2, -0.15) is 0 Å². The first-order valence-electron chi connectivity index (χ1n) is 10.1. The largest absolute Gasteiger partial charge is 0.375 e. The van der Waals surface area contributed by atoms with Crippen molar-refractivity contribution in [3.8, 4) is 0 Å². The maximum atomic E-state index is 12.5. The molecule has 0 unspecified atom stereocenters. The van der Waals surface area contributed by atoms with E-state index in [1.165, 1.54) is 7.11 Å². The van der Waals surface area contributed by atoms with Gasteiger partial charge in [0.2, 0.25) is 0 Å². The molecule has 6 heteroatoms. The zero-order valence-corrected chi connectivity index (χ0v) is 17.0. The monoisotopic (exact) mass is 403 g/mol. The Morgan fingerprint density at radius 3 is 2.77 bits per heavy atom. The summed E-state index contributed by atoms with van der Waals surface area (Å²) in [4.78, 5) is 26.6. The first-order valence-corrected chi connectivity index (χ1v) is 10.1. The Balaban J connectivity index is 1.45. The Labute approximate surface area is 175 Å². The summed E-state index contributed by atoms with van der Waals surface area (Å²) in [6.45, 7) is 1.13. The molecule has 0 fully saturated rings. The lowest BCUT2D eigenvalue weighted by Gasteiger charge is -2.29. The van der Waals surface area contributed by atoms with Gasteiger partial charge in [0.15, 0.2) is 0 Å². The van der Waals surface area contributed by atoms with Gasteiger partial charge in [0.05, 0.1) is 0 Å². The lowest BCUT2D eigenvalue weighted by Crippen LogP contribution is -2.37. The quantitative estimate of drug-likeness (QED) is 0.674. The van der Waals surface area contributed by atoms with Crippen molar-refractivity contribution in [2.45, 2.75) is 19.4 Å². The number of anilines is 2. The van der Waals surface area contributed by atoms with Gasteiger partial charge in [0.25, 0.3) is 5.91 Å². The molecule has 3 aromatic carbocycles. The number of rotatable bonds is 5. The molecule has 0 saturated heterocycles. The smallest absolute Gasteiger partial charge is 0.319 e. The fourth-order valence-electron chi connectivity index (χ4n) is 3.91. The average molecular weight is 403 g/mol. The van der Waals surface area contributed by atoms with Crippen LogP contribution in [0.2, 0.25) is 0 Å². The zero-order chi connectivity index (χ0) is 20.9. The standard InChI is InChI=1S/C24H25N3O3/c1-30-16-23(28)27-13-5-9-18-11-12-20(14-22(18)27)26-24(29)25-15-19-8-4-7-17-6-2-3-10-21(17)19/h2-4,6-8,10-12,14H,5,9,13,15-16H2,1H3,(H2,25,26,29). The fraction of sp³-hybridized carbons (Fsp3) is 0.250. The third-order valence-corrected chi connectivity index (χ3v) is 5.35. The van der Waals surface area contributed by atoms with E-state index < -0.39 is 0 Å². The lowest BCUT2D eigenvalue weighted by molar-refractivity contribution is -0.122. The van der Waals surface area contributed by atoms with E-state index in [4.69, 9.17) is 4.74 Å². The molecular weight excluding hydrogens is 378 g/mol. The van der Waals surface area contributed by atoms with E-state index in [2.05, 4.69) is 28.8 Å². The van der Waals surface area contributed by atoms with Crippen LogP contribution in [-0.4, -0.2) is 32.2 Å². The second-order valence-corrected chi connectivity index (χ2v) is 7.37. The molecule has 0 radical (unpaired) electrons. The molecule has 0 atom stereocenters. The van der Waals surface area contributed by atoms with Crippen LogP contribution in [0.5, 0.6) is 0 Å². The molecule has 2 N–H and O–H groups in total. The van der Waals surface area contributed by atoms with Crippen molar-refractivity contribution < 1.29 is 14.3 Å². The molecule has 1 heterocycles. The molecule has 3 amide bonds. The van der Waals surface area contributed by atoms with Crippen LogP contribution in [0.1, 0.15) is 17.5 Å². The van der Waals surface area contributed by atoms with Crippen LogP contribution in [0.25, 0.3) is 10.8 Å². The Morgan fingerprint density at radius 1 is 1.07 bits per heavy atom. The van der Waals surface area contributed by atoms with E-state index in [9.17, 15) is 9.59 Å². The van der Waals surface area contributed by atoms with Gasteiger partial charge in [0.1, 0.15) is 6.61 Å². The summed E-state index contributed by atoms with van der Waals surface area (Å²) in [7, 11) is 1.51. The maximum Gasteiger partial charge on any atom is 0.319 e. The summed E-state index contributed by atoms with van der Waals surface area (Å²) in [6, 6.07) is 19.6. The van der Waals surface area contributed by atoms with Gasteiger partial charge >= 0.3 is 6.03 Å². The number of benzene rings is 3. The number of fused-ring (bicyclic) bond motifs is 2. The number of hydrogen-bond acceptors (Lipinski definition) is 3. The van der Waals surface area contributed by atoms with Crippen LogP contribution < -0.4 is 15.5 Å². The van der Waals surface area contributed by atoms with E-state index in [0.717, 1.165) is 40.4 Å². The number of aryl methyl sites for hydroxylation is 1. The van der Waals surface area contributed by atoms with E-state index in [0.29, 0.717) is 18.8 Å². The lowest BCUT2D eigenvalue weighted by atomic mass is 10.0. The highest BCUT2D eigenvalue weighted by Crippen LogP contribution is 2.30. The Hall–Kier alpha value is -3.38. The van der Waals surface area contributed by atoms with Crippen LogP contribution in [-0.2, 0) is 22.5 Å². The number of carbonyl (C=O) groups is 2. The third kappa shape index (κ3) is 4.28. The van der Waals surface area contributed by atoms with Crippen molar-refractivity contribution in [3.63, 3.8) is 0 Å². The summed E-state index contributed by atoms with van der Waals surface area (Å²) in [5.41, 5.74) is 3.66. The molecule has 0 aromatic heterocycles. The minimum Gasteiger partial charge on any atom is -0.375 e. The summed E-state index contributed by atoms with van der Waals surface area (Å²) < 4.78 is 5.00. The normalized spacial score (nSPS) is 13.0. The van der Waals surface area contributed by atoms with Gasteiger partial charge in [-0.05, 0) is 46.9 Å². The minimum absolute atomic E-state index is 0.0443. The first kappa shape index (κ1) is 19.9. The van der Waals surface area contributed by atoms with Crippen LogP contribution in [0.3, 0.4) is 0 Å². The molecular formula is C24H25N3O3. The molecule has 6 nitrogen and oxygen atoms in total. The second kappa shape index (κ2) is 8.97. The van der Waals surface area contributed by atoms with Gasteiger partial charge in [-0.1, -0.05) is 48.5 Å². The van der Waals surface area contributed by atoms with Gasteiger partial charge in [-0.25, -0.2) is 4.79 Å². The molecule has 3 aromatic rings. The second-order valence-electron chi connectivity index (χ2n) is 7.37. The SMILES string of the molecule is COCC(=O)N1CCCc2ccc(NC(=O)NCc3cccc4ccccc34)cc21. The molecule has 4 rings (SSSR count). The van der Waals surface area contributed by atoms with Crippen LogP contribution in [0, 0.1) is 0 Å². The van der Waals surface area contributed by atoms with Gasteiger partial charge in [-0.15, -0.1) is 0 Å². The van der Waals surface area contributed by atoms with E-state index in [-0.39, 0.29) is 18.5 Å². The molecule has 154 valence electrons. The van der Waals surface area contributed by atoms with Crippen molar-refractivity contribution in [1.29, 1.82) is 0 Å². The van der Waals surface area contributed by atoms with Crippen molar-refractivity contribution in [3.05, 3.63) is 71.8 Å². The molecule has 0 bridgehead atoms. The number of carbonyl (C=O) groups excluding carboxylic acids is 2. The van der Waals surface area contributed by atoms with Crippen molar-refractivity contribution in [2.75, 3.05) is 30.5 Å². The highest BCUT2D eigenvalue weighted by Gasteiger charge is 2.22. The van der Waals surface area contributed by atoms with Gasteiger partial charge in [-0.3, -0.25) is 4.79 Å². The number of nitrogens with zero attached hydrogens (tertiary/aromatic N) is 1. The van der Waals surface area contributed by atoms with E-state index in [1.54, 1.807) is 4.90 Å². The van der Waals surface area contributed by atoms with Crippen LogP contribution in [0.15, 0.2) is 60.7 Å². The number of nitrogens with one attached hydrogen (secondary N) is 2. The summed E-state index contributed by atoms with van der Waals surface area (Å²) in [5, 5.41) is 8.08. The topological polar surface area (TPSA) is 70.7 Å². The van der Waals surface area contributed by atoms with Crippen LogP contribution >= 0.6 is 0 Å². The highest BCUT2D eigenvalue weighted by atomic mass is 16.5. The molecule has 0 saturated carbocycles. The maximum absolute atomic E-state index is 12.5. The van der Waals surface area contributed by atoms with Crippen molar-refractivity contribution in [1.82, 2.24) is 5.32 Å². The number of methoxy groups -OCH3 is 1. The zero-order valence-electron chi connectivity index (χ0n) is 17.0. The van der Waals surface area contributed by atoms with Gasteiger partial charge < -0.3 is 20.3 Å². The third-order valence-electron chi connectivity index (χ3n) is 5.35. The molecule has 30 heavy (non-hydrogen) atoms. The predicted molar refractivity (Wildman–Crippen MR) is 119 cm³/mol. The molecule has 1 aliphatic rings. The van der Waals surface area contributed by atoms with Crippen molar-refractivity contribution >= 4 is 34.1 Å². The summed E-state index contributed by atoms with van der Waals surface area (Å²) in [6.07, 6.45) is 1.83. The Morgan fingerprint density at radius 2 is 1.90 bits per heavy atom. The molecule has 0 aliphatic carbocycles. The first-order chi connectivity index (χ1) is 14.7. The van der Waals surface area contributed by atoms with Crippen LogP contribution in [0.4, 0.5) is 16.2 Å². The summed E-state index contributed by atoms with van der Waals surface area (Å²) in [5.74, 6) is -0.0731. The highest BCUT2D eigenvalue weighted by molar-refractivity contribution is 5.97. The number of urea groups is 1. The number of amides is 3. The van der Waals surface area contributed by atoms with Gasteiger partial charge in [0, 0.05) is 31.6 Å². The summed E-state index contributed by atoms with van der Waals surface area (Å²) >= 11 is 0. The number of hydrogen-bond donors (Lipinski definition) is 2. The fourth-order valence-corrected chi connectivity index (χ4v) is 3.91. The molecule has 0 spiro atoms. The number of ether oxygens (including phenoxy) is 1. The Kier molecular flexibility index (Phi) is 5.95. The molecule has 1 aliphatic heterocycles. The predicted octanol–water partition coefficient (Wildman–Crippen LogP) is 4.09. The average Bonchev–Trinajstić information content (AvgIpc) is 2.77. The van der Waals surface area contributed by atoms with E-state index in [1.807, 2.05) is 42.5 Å². The Bertz CT molecular complexity index is 1070. The minimum atomic E-state index is -0.284. The van der Waals surface area contributed by atoms with Crippen molar-refractivity contribution in [2.24, 2.45) is 0 Å². The van der Waals surface area contributed by atoms with E-state index >= 15 is 0 Å².